The van der Waals surface area contributed by atoms with Gasteiger partial charge < -0.3 is 0 Å². The molecule has 0 spiro atoms. The van der Waals surface area contributed by atoms with Crippen molar-refractivity contribution in [1.29, 1.82) is 5.26 Å². The maximum absolute atomic E-state index is 12.6. The van der Waals surface area contributed by atoms with Crippen LogP contribution < -0.4 is 0 Å². The van der Waals surface area contributed by atoms with E-state index in [1.54, 1.807) is 36.4 Å². The first-order valence-electron chi connectivity index (χ1n) is 5.79. The molecule has 0 amide bonds. The molecule has 0 N–H and O–H groups in total. The van der Waals surface area contributed by atoms with Crippen molar-refractivity contribution < 1.29 is 4.79 Å². The molecule has 0 radical (unpaired) electrons. The van der Waals surface area contributed by atoms with Crippen LogP contribution in [0.3, 0.4) is 0 Å². The van der Waals surface area contributed by atoms with Gasteiger partial charge in [0.25, 0.3) is 0 Å². The number of hydrogen-bond acceptors (Lipinski definition) is 2. The van der Waals surface area contributed by atoms with Gasteiger partial charge in [-0.1, -0.05) is 46.9 Å². The number of carbonyl (C=O) groups excluding carboxylic acids is 1. The summed E-state index contributed by atoms with van der Waals surface area (Å²) < 4.78 is 0.581. The lowest BCUT2D eigenvalue weighted by molar-refractivity contribution is 0.0979. The SMILES string of the molecule is N#CC(C(=O)c1cccc(Br)c1Cl)c1c(Cl)cccc1Cl. The second kappa shape index (κ2) is 6.81. The Balaban J connectivity index is 2.55. The molecule has 0 saturated carbocycles. The second-order valence-electron chi connectivity index (χ2n) is 4.16. The summed E-state index contributed by atoms with van der Waals surface area (Å²) in [5.74, 6) is -1.56. The van der Waals surface area contributed by atoms with Crippen molar-refractivity contribution in [3.8, 4) is 6.07 Å². The molecule has 0 aliphatic heterocycles. The quantitative estimate of drug-likeness (QED) is 0.599. The van der Waals surface area contributed by atoms with E-state index in [2.05, 4.69) is 15.9 Å². The fourth-order valence-electron chi connectivity index (χ4n) is 1.89. The number of hydrogen-bond donors (Lipinski definition) is 0. The van der Waals surface area contributed by atoms with Gasteiger partial charge in [-0.25, -0.2) is 0 Å². The number of ketones is 1. The van der Waals surface area contributed by atoms with Gasteiger partial charge in [-0.15, -0.1) is 0 Å². The van der Waals surface area contributed by atoms with Gasteiger partial charge in [-0.2, -0.15) is 5.26 Å². The summed E-state index contributed by atoms with van der Waals surface area (Å²) in [7, 11) is 0. The predicted octanol–water partition coefficient (Wildman–Crippen LogP) is 5.90. The van der Waals surface area contributed by atoms with Gasteiger partial charge in [0.05, 0.1) is 11.1 Å². The molecule has 0 aromatic heterocycles. The fourth-order valence-corrected chi connectivity index (χ4v) is 3.09. The Morgan fingerprint density at radius 2 is 1.67 bits per heavy atom. The molecule has 0 aliphatic rings. The Hall–Kier alpha value is -1.05. The van der Waals surface area contributed by atoms with Gasteiger partial charge in [0.2, 0.25) is 0 Å². The fraction of sp³-hybridized carbons (Fsp3) is 0.0667. The van der Waals surface area contributed by atoms with E-state index in [4.69, 9.17) is 34.8 Å². The molecule has 21 heavy (non-hydrogen) atoms. The largest absolute Gasteiger partial charge is 0.292 e. The van der Waals surface area contributed by atoms with Crippen molar-refractivity contribution in [1.82, 2.24) is 0 Å². The molecule has 6 heteroatoms. The van der Waals surface area contributed by atoms with Crippen LogP contribution in [0.4, 0.5) is 0 Å². The molecule has 2 aromatic carbocycles. The average Bonchev–Trinajstić information content (AvgIpc) is 2.45. The number of rotatable bonds is 3. The molecule has 0 fully saturated rings. The molecule has 0 bridgehead atoms. The lowest BCUT2D eigenvalue weighted by Gasteiger charge is -2.13. The first kappa shape index (κ1) is 16.3. The van der Waals surface area contributed by atoms with E-state index in [0.29, 0.717) is 10.0 Å². The molecule has 2 rings (SSSR count). The average molecular weight is 403 g/mol. The van der Waals surface area contributed by atoms with Crippen LogP contribution in [0.2, 0.25) is 15.1 Å². The van der Waals surface area contributed by atoms with E-state index in [0.717, 1.165) is 0 Å². The predicted molar refractivity (Wildman–Crippen MR) is 88.3 cm³/mol. The topological polar surface area (TPSA) is 40.9 Å². The number of benzene rings is 2. The number of halogens is 4. The lowest BCUT2D eigenvalue weighted by Crippen LogP contribution is -2.13. The van der Waals surface area contributed by atoms with Crippen LogP contribution in [0.5, 0.6) is 0 Å². The zero-order valence-electron chi connectivity index (χ0n) is 10.4. The van der Waals surface area contributed by atoms with Crippen molar-refractivity contribution in [3.63, 3.8) is 0 Å². The summed E-state index contributed by atoms with van der Waals surface area (Å²) in [5.41, 5.74) is 0.540. The Morgan fingerprint density at radius 3 is 2.24 bits per heavy atom. The standard InChI is InChI=1S/C15H7BrCl3NO/c16-10-4-1-3-8(14(10)19)15(21)9(7-20)13-11(17)5-2-6-12(13)18/h1-6,9H. The molecule has 2 aromatic rings. The van der Waals surface area contributed by atoms with Crippen LogP contribution in [-0.4, -0.2) is 5.78 Å². The van der Waals surface area contributed by atoms with Crippen molar-refractivity contribution in [2.45, 2.75) is 5.92 Å². The highest BCUT2D eigenvalue weighted by Crippen LogP contribution is 2.35. The zero-order chi connectivity index (χ0) is 15.6. The molecule has 0 heterocycles. The maximum atomic E-state index is 12.6. The minimum atomic E-state index is -1.11. The van der Waals surface area contributed by atoms with Gasteiger partial charge in [0.1, 0.15) is 5.92 Å². The highest BCUT2D eigenvalue weighted by molar-refractivity contribution is 9.10. The van der Waals surface area contributed by atoms with E-state index >= 15 is 0 Å². The van der Waals surface area contributed by atoms with E-state index in [1.165, 1.54) is 0 Å². The summed E-state index contributed by atoms with van der Waals surface area (Å²) in [5, 5.41) is 10.2. The van der Waals surface area contributed by atoms with E-state index in [9.17, 15) is 10.1 Å². The van der Waals surface area contributed by atoms with Crippen LogP contribution in [0.25, 0.3) is 0 Å². The Bertz CT molecular complexity index is 735. The molecule has 0 aliphatic carbocycles. The van der Waals surface area contributed by atoms with Gasteiger partial charge >= 0.3 is 0 Å². The van der Waals surface area contributed by atoms with Crippen LogP contribution in [-0.2, 0) is 0 Å². The van der Waals surface area contributed by atoms with Crippen molar-refractivity contribution in [3.05, 3.63) is 67.1 Å². The van der Waals surface area contributed by atoms with Gasteiger partial charge in [0.15, 0.2) is 5.78 Å². The minimum Gasteiger partial charge on any atom is -0.292 e. The molecular formula is C15H7BrCl3NO. The molecular weight excluding hydrogens is 396 g/mol. The smallest absolute Gasteiger partial charge is 0.186 e. The molecule has 2 nitrogen and oxygen atoms in total. The summed E-state index contributed by atoms with van der Waals surface area (Å²) in [6.45, 7) is 0. The first-order valence-corrected chi connectivity index (χ1v) is 7.71. The van der Waals surface area contributed by atoms with Crippen molar-refractivity contribution in [2.75, 3.05) is 0 Å². The van der Waals surface area contributed by atoms with E-state index in [1.807, 2.05) is 6.07 Å². The normalized spacial score (nSPS) is 11.8. The Labute approximate surface area is 145 Å². The van der Waals surface area contributed by atoms with Crippen LogP contribution >= 0.6 is 50.7 Å². The minimum absolute atomic E-state index is 0.244. The van der Waals surface area contributed by atoms with Gasteiger partial charge in [-0.05, 0) is 40.2 Å². The number of carbonyl (C=O) groups is 1. The third-order valence-electron chi connectivity index (χ3n) is 2.90. The van der Waals surface area contributed by atoms with Crippen LogP contribution in [0.1, 0.15) is 21.8 Å². The highest BCUT2D eigenvalue weighted by Gasteiger charge is 2.28. The Morgan fingerprint density at radius 1 is 1.10 bits per heavy atom. The summed E-state index contributed by atoms with van der Waals surface area (Å²) in [6, 6.07) is 11.7. The molecule has 0 saturated heterocycles. The number of nitriles is 1. The summed E-state index contributed by atoms with van der Waals surface area (Å²) >= 11 is 21.5. The number of nitrogens with zero attached hydrogens (tertiary/aromatic N) is 1. The van der Waals surface area contributed by atoms with E-state index < -0.39 is 11.7 Å². The van der Waals surface area contributed by atoms with E-state index in [-0.39, 0.29) is 20.6 Å². The first-order chi connectivity index (χ1) is 9.97. The lowest BCUT2D eigenvalue weighted by atomic mass is 9.91. The highest BCUT2D eigenvalue weighted by atomic mass is 79.9. The zero-order valence-corrected chi connectivity index (χ0v) is 14.3. The summed E-state index contributed by atoms with van der Waals surface area (Å²) in [6.07, 6.45) is 0. The number of Topliss-reactive ketones (excluding diaryl/α,β-unsaturated/α-hetero) is 1. The van der Waals surface area contributed by atoms with Gasteiger partial charge in [0, 0.05) is 25.6 Å². The second-order valence-corrected chi connectivity index (χ2v) is 6.21. The van der Waals surface area contributed by atoms with Crippen LogP contribution in [0, 0.1) is 11.3 Å². The third kappa shape index (κ3) is 3.25. The molecule has 1 unspecified atom stereocenters. The molecule has 106 valence electrons. The summed E-state index contributed by atoms with van der Waals surface area (Å²) in [4.78, 5) is 12.6. The monoisotopic (exact) mass is 401 g/mol. The molecule has 1 atom stereocenters. The van der Waals surface area contributed by atoms with Crippen molar-refractivity contribution >= 4 is 56.5 Å². The van der Waals surface area contributed by atoms with Crippen LogP contribution in [0.15, 0.2) is 40.9 Å². The Kier molecular flexibility index (Phi) is 5.29. The van der Waals surface area contributed by atoms with Gasteiger partial charge in [-0.3, -0.25) is 4.79 Å². The third-order valence-corrected chi connectivity index (χ3v) is 4.85. The van der Waals surface area contributed by atoms with Crippen molar-refractivity contribution in [2.24, 2.45) is 0 Å². The maximum Gasteiger partial charge on any atom is 0.186 e.